The molecule has 0 aromatic heterocycles. The molecule has 0 aliphatic rings. The Bertz CT molecular complexity index is 591. The van der Waals surface area contributed by atoms with Crippen LogP contribution in [0.3, 0.4) is 0 Å². The summed E-state index contributed by atoms with van der Waals surface area (Å²) in [6.07, 6.45) is 10.3. The molecule has 0 aliphatic carbocycles. The van der Waals surface area contributed by atoms with E-state index in [-0.39, 0.29) is 4.90 Å². The van der Waals surface area contributed by atoms with Crippen molar-refractivity contribution in [2.45, 2.75) is 11.4 Å². The van der Waals surface area contributed by atoms with Gasteiger partial charge >= 0.3 is 0 Å². The molecule has 0 unspecified atom stereocenters. The molecule has 0 saturated heterocycles. The number of nitrogens with zero attached hydrogens (tertiary/aromatic N) is 2. The summed E-state index contributed by atoms with van der Waals surface area (Å²) in [4.78, 5) is 1.83. The third-order valence-corrected chi connectivity index (χ3v) is 4.10. The van der Waals surface area contributed by atoms with Crippen LogP contribution in [-0.4, -0.2) is 31.7 Å². The Morgan fingerprint density at radius 3 is 2.11 bits per heavy atom. The number of rotatable bonds is 4. The second kappa shape index (κ2) is 5.48. The van der Waals surface area contributed by atoms with E-state index in [2.05, 4.69) is 12.1 Å². The zero-order valence-corrected chi connectivity index (χ0v) is 11.1. The number of terminal acetylenes is 2. The van der Waals surface area contributed by atoms with Crippen LogP contribution in [0.15, 0.2) is 29.2 Å². The first-order valence-corrected chi connectivity index (χ1v) is 6.57. The smallest absolute Gasteiger partial charge is 0.270 e. The molecule has 0 saturated carbocycles. The summed E-state index contributed by atoms with van der Waals surface area (Å²) in [5.41, 5.74) is 0.928. The molecule has 0 bridgehead atoms. The predicted octanol–water partition coefficient (Wildman–Crippen LogP) is 0.920. The van der Waals surface area contributed by atoms with E-state index in [0.717, 1.165) is 9.87 Å². The maximum absolute atomic E-state index is 11.9. The zero-order chi connectivity index (χ0) is 13.8. The fraction of sp³-hybridized carbons (Fsp3) is 0.231. The fourth-order valence-electron chi connectivity index (χ4n) is 1.31. The van der Waals surface area contributed by atoms with Crippen LogP contribution < -0.4 is 0 Å². The average Bonchev–Trinajstić information content (AvgIpc) is 2.38. The highest BCUT2D eigenvalue weighted by Gasteiger charge is 2.17. The highest BCUT2D eigenvalue weighted by molar-refractivity contribution is 7.89. The van der Waals surface area contributed by atoms with Gasteiger partial charge in [-0.15, -0.1) is 0 Å². The Balaban J connectivity index is 2.98. The number of benzene rings is 1. The van der Waals surface area contributed by atoms with Crippen molar-refractivity contribution < 1.29 is 8.42 Å². The standard InChI is InChI=1S/C13H14N2O2S/c1-5-14(3)11-12-7-9-13(10-8-12)18(16,17)15(4)6-2/h1-2,7-10H,11H2,3-4H3. The van der Waals surface area contributed by atoms with Crippen LogP contribution >= 0.6 is 0 Å². The van der Waals surface area contributed by atoms with E-state index >= 15 is 0 Å². The molecule has 0 atom stereocenters. The molecule has 1 aromatic carbocycles. The van der Waals surface area contributed by atoms with E-state index in [0.29, 0.717) is 6.54 Å². The SMILES string of the molecule is C#CN(C)Cc1ccc(S(=O)(=O)N(C)C#C)cc1. The lowest BCUT2D eigenvalue weighted by Crippen LogP contribution is -2.21. The molecule has 0 heterocycles. The Kier molecular flexibility index (Phi) is 4.25. The van der Waals surface area contributed by atoms with Gasteiger partial charge in [0.25, 0.3) is 10.0 Å². The lowest BCUT2D eigenvalue weighted by molar-refractivity contribution is 0.478. The molecule has 5 heteroatoms. The van der Waals surface area contributed by atoms with Gasteiger partial charge < -0.3 is 4.90 Å². The Morgan fingerprint density at radius 2 is 1.67 bits per heavy atom. The number of hydrogen-bond acceptors (Lipinski definition) is 3. The van der Waals surface area contributed by atoms with E-state index in [9.17, 15) is 8.42 Å². The molecule has 0 fully saturated rings. The van der Waals surface area contributed by atoms with Crippen molar-refractivity contribution in [2.24, 2.45) is 0 Å². The second-order valence-electron chi connectivity index (χ2n) is 3.73. The second-order valence-corrected chi connectivity index (χ2v) is 5.70. The first kappa shape index (κ1) is 14.0. The third kappa shape index (κ3) is 2.97. The minimum Gasteiger partial charge on any atom is -0.331 e. The fourth-order valence-corrected chi connectivity index (χ4v) is 2.25. The maximum Gasteiger partial charge on any atom is 0.270 e. The number of hydrogen-bond donors (Lipinski definition) is 0. The van der Waals surface area contributed by atoms with Gasteiger partial charge in [0.05, 0.1) is 11.4 Å². The van der Waals surface area contributed by atoms with E-state index in [4.69, 9.17) is 12.8 Å². The first-order chi connectivity index (χ1) is 8.41. The average molecular weight is 262 g/mol. The highest BCUT2D eigenvalue weighted by Crippen LogP contribution is 2.15. The molecule has 4 nitrogen and oxygen atoms in total. The molecule has 1 aromatic rings. The minimum absolute atomic E-state index is 0.162. The first-order valence-electron chi connectivity index (χ1n) is 5.13. The van der Waals surface area contributed by atoms with Crippen molar-refractivity contribution in [3.05, 3.63) is 29.8 Å². The van der Waals surface area contributed by atoms with Gasteiger partial charge in [0, 0.05) is 26.2 Å². The molecule has 1 rings (SSSR count). The van der Waals surface area contributed by atoms with Crippen molar-refractivity contribution in [1.29, 1.82) is 0 Å². The largest absolute Gasteiger partial charge is 0.331 e. The van der Waals surface area contributed by atoms with Crippen LogP contribution in [0.4, 0.5) is 0 Å². The van der Waals surface area contributed by atoms with Crippen molar-refractivity contribution in [2.75, 3.05) is 14.1 Å². The molecule has 0 N–H and O–H groups in total. The maximum atomic E-state index is 11.9. The molecular formula is C13H14N2O2S. The molecule has 0 aliphatic heterocycles. The Morgan fingerprint density at radius 1 is 1.11 bits per heavy atom. The lowest BCUT2D eigenvalue weighted by atomic mass is 10.2. The minimum atomic E-state index is -3.60. The molecule has 0 amide bonds. The van der Waals surface area contributed by atoms with Crippen LogP contribution in [0.25, 0.3) is 0 Å². The van der Waals surface area contributed by atoms with Gasteiger partial charge in [-0.2, -0.15) is 0 Å². The normalized spacial score (nSPS) is 10.2. The van der Waals surface area contributed by atoms with Gasteiger partial charge in [-0.3, -0.25) is 0 Å². The van der Waals surface area contributed by atoms with Crippen LogP contribution in [0.2, 0.25) is 0 Å². The van der Waals surface area contributed by atoms with E-state index in [1.54, 1.807) is 24.1 Å². The third-order valence-electron chi connectivity index (χ3n) is 2.40. The summed E-state index contributed by atoms with van der Waals surface area (Å²) in [5, 5.41) is 0. The summed E-state index contributed by atoms with van der Waals surface area (Å²) in [6, 6.07) is 11.0. The molecular weight excluding hydrogens is 248 g/mol. The van der Waals surface area contributed by atoms with Crippen LogP contribution in [0.1, 0.15) is 5.56 Å². The van der Waals surface area contributed by atoms with Crippen molar-refractivity contribution in [3.8, 4) is 24.9 Å². The summed E-state index contributed by atoms with van der Waals surface area (Å²) in [7, 11) is -0.493. The lowest BCUT2D eigenvalue weighted by Gasteiger charge is -2.13. The monoisotopic (exact) mass is 262 g/mol. The van der Waals surface area contributed by atoms with Crippen molar-refractivity contribution in [1.82, 2.24) is 9.21 Å². The van der Waals surface area contributed by atoms with Crippen LogP contribution in [0.5, 0.6) is 0 Å². The van der Waals surface area contributed by atoms with Crippen LogP contribution in [-0.2, 0) is 16.6 Å². The van der Waals surface area contributed by atoms with E-state index in [1.807, 2.05) is 0 Å². The van der Waals surface area contributed by atoms with Crippen molar-refractivity contribution in [3.63, 3.8) is 0 Å². The van der Waals surface area contributed by atoms with Crippen molar-refractivity contribution >= 4 is 10.0 Å². The molecule has 0 radical (unpaired) electrons. The van der Waals surface area contributed by atoms with E-state index in [1.165, 1.54) is 19.2 Å². The van der Waals surface area contributed by atoms with E-state index < -0.39 is 10.0 Å². The van der Waals surface area contributed by atoms with Gasteiger partial charge in [0.2, 0.25) is 0 Å². The van der Waals surface area contributed by atoms with Gasteiger partial charge in [0.1, 0.15) is 0 Å². The summed E-state index contributed by atoms with van der Waals surface area (Å²) in [5.74, 6) is 0. The Hall–Kier alpha value is -2.11. The molecule has 18 heavy (non-hydrogen) atoms. The van der Waals surface area contributed by atoms with Crippen LogP contribution in [0, 0.1) is 24.9 Å². The zero-order valence-electron chi connectivity index (χ0n) is 10.3. The predicted molar refractivity (Wildman–Crippen MR) is 70.5 cm³/mol. The summed E-state index contributed by atoms with van der Waals surface area (Å²) >= 11 is 0. The summed E-state index contributed by atoms with van der Waals surface area (Å²) in [6.45, 7) is 0.557. The quantitative estimate of drug-likeness (QED) is 0.598. The Labute approximate surface area is 108 Å². The topological polar surface area (TPSA) is 40.6 Å². The molecule has 94 valence electrons. The summed E-state index contributed by atoms with van der Waals surface area (Å²) < 4.78 is 24.6. The van der Waals surface area contributed by atoms with Gasteiger partial charge in [-0.25, -0.2) is 12.7 Å². The number of sulfonamides is 1. The van der Waals surface area contributed by atoms with Gasteiger partial charge in [-0.05, 0) is 17.7 Å². The van der Waals surface area contributed by atoms with Gasteiger partial charge in [-0.1, -0.05) is 25.0 Å². The van der Waals surface area contributed by atoms with Gasteiger partial charge in [0.15, 0.2) is 0 Å². The highest BCUT2D eigenvalue weighted by atomic mass is 32.2. The molecule has 0 spiro atoms.